The Hall–Kier alpha value is -16.9. The van der Waals surface area contributed by atoms with Crippen LogP contribution in [0.2, 0.25) is 0 Å². The van der Waals surface area contributed by atoms with Crippen LogP contribution in [0.5, 0.6) is 23.0 Å². The third-order valence-corrected chi connectivity index (χ3v) is 16.6. The molecule has 17 rings (SSSR count). The third kappa shape index (κ3) is 18.7. The Kier molecular flexibility index (Phi) is 23.3. The van der Waals surface area contributed by atoms with Gasteiger partial charge >= 0.3 is 5.97 Å². The van der Waals surface area contributed by atoms with Crippen molar-refractivity contribution in [3.8, 4) is 57.5 Å². The van der Waals surface area contributed by atoms with E-state index in [9.17, 15) is 9.59 Å². The van der Waals surface area contributed by atoms with Gasteiger partial charge in [-0.3, -0.25) is 4.79 Å². The van der Waals surface area contributed by atoms with Crippen LogP contribution >= 0.6 is 11.3 Å². The van der Waals surface area contributed by atoms with Crippen molar-refractivity contribution in [2.75, 3.05) is 83.4 Å². The van der Waals surface area contributed by atoms with Gasteiger partial charge in [0.1, 0.15) is 0 Å². The number of nitrogens with one attached hydrogen (secondary N) is 5. The molecule has 1 aliphatic rings. The monoisotopic (exact) mass is 1550 g/mol. The number of nitrogen functional groups attached to an aromatic ring is 5. The summed E-state index contributed by atoms with van der Waals surface area (Å²) in [6.45, 7) is 0.234. The van der Waals surface area contributed by atoms with Crippen molar-refractivity contribution in [3.05, 3.63) is 248 Å². The van der Waals surface area contributed by atoms with Crippen molar-refractivity contribution in [1.82, 2.24) is 98.7 Å². The Labute approximate surface area is 649 Å². The number of para-hydroxylation sites is 1. The van der Waals surface area contributed by atoms with Gasteiger partial charge in [0.15, 0.2) is 46.3 Å². The fourth-order valence-corrected chi connectivity index (χ4v) is 11.2. The highest BCUT2D eigenvalue weighted by atomic mass is 32.1. The van der Waals surface area contributed by atoms with Crippen molar-refractivity contribution < 1.29 is 33.3 Å². The molecule has 0 atom stereocenters. The van der Waals surface area contributed by atoms with E-state index < -0.39 is 11.9 Å². The molecule has 40 heteroatoms. The van der Waals surface area contributed by atoms with Crippen LogP contribution in [0.15, 0.2) is 231 Å². The van der Waals surface area contributed by atoms with Gasteiger partial charge in [0, 0.05) is 70.9 Å². The van der Waals surface area contributed by atoms with Crippen molar-refractivity contribution >= 4 is 121 Å². The molecule has 1 aliphatic heterocycles. The number of nitriles is 1. The third-order valence-electron chi connectivity index (χ3n) is 15.6. The first-order valence-corrected chi connectivity index (χ1v) is 34.5. The van der Waals surface area contributed by atoms with E-state index in [1.54, 1.807) is 160 Å². The van der Waals surface area contributed by atoms with Crippen LogP contribution in [0.3, 0.4) is 0 Å². The molecular weight excluding hydrogens is 1480 g/mol. The number of methoxy groups -OCH3 is 3. The molecule has 16 aromatic rings. The summed E-state index contributed by atoms with van der Waals surface area (Å²) in [5, 5.41) is 46.1. The van der Waals surface area contributed by atoms with Gasteiger partial charge in [0.05, 0.1) is 48.7 Å². The molecule has 0 radical (unpaired) electrons. The van der Waals surface area contributed by atoms with Gasteiger partial charge in [0.2, 0.25) is 77.3 Å². The number of aromatic nitrogens is 20. The standard InChI is InChI=1S/C17H16N6O2S.C15H14N6O2.C14H13N7O.C14H11N7.C14H12N6O2/c1-24-12-8-7-10(9-13(12)25-2)19-16-21-15(18)23(22-16)17-20-11-5-3-4-6-14(11)26-17;1-23-13(22)10-5-7-11(8-6-10)18-15-19-14(16)21(20-15)12-4-2-3-9-17-12;15-12(22)9-4-3-5-10(8-9)18-14-19-13(16)21(20-14)11-6-1-2-7-17-11;15-9-10-4-6-11(7-5-10)18-14-19-13(16)21(20-14)12-3-1-2-8-17-12;15-13-18-14(19-20(13)12-3-1-2-6-16-12)17-9-4-5-10-11(7-9)22-8-21-10/h3-9H,1-2H3,(H3,18,19,21,22);2-9H,1H3,(H3,16,18,19,20);1-8H,(H2,15,22)(H3,16,18,19,20);1-8H,(H3,16,18,19,20);1-7H,8H2,(H3,15,17,18,19). The number of amides is 1. The first-order chi connectivity index (χ1) is 55.5. The quantitative estimate of drug-likeness (QED) is 0.0335. The number of hydrogen-bond donors (Lipinski definition) is 11. The topological polar surface area (TPSA) is 538 Å². The van der Waals surface area contributed by atoms with Crippen LogP contribution in [-0.2, 0) is 4.74 Å². The molecule has 114 heavy (non-hydrogen) atoms. The second kappa shape index (κ2) is 35.2. The Bertz CT molecular complexity index is 5970. The zero-order chi connectivity index (χ0) is 79.5. The van der Waals surface area contributed by atoms with Crippen molar-refractivity contribution in [1.29, 1.82) is 5.26 Å². The Morgan fingerprint density at radius 1 is 0.421 bits per heavy atom. The SMILES string of the molecule is COC(=O)c1ccc(Nc2nc(N)n(-c3ccccn3)n2)cc1.COc1ccc(Nc2nc(N)n(-c3nc4ccccc4s3)n2)cc1OC.N#Cc1ccc(Nc2nc(N)n(-c3ccccn3)n2)cc1.NC(=O)c1cccc(Nc2nc(N)n(-c3ccccn3)n2)c1.Nc1nc(Nc2ccc3c(c2)OCO3)nn1-c1ccccn1. The van der Waals surface area contributed by atoms with Gasteiger partial charge < -0.3 is 84.7 Å². The number of primary amides is 1. The maximum atomic E-state index is 11.4. The molecular formula is C74H66N32O7S. The molecule has 570 valence electrons. The highest BCUT2D eigenvalue weighted by Gasteiger charge is 2.19. The molecule has 11 heterocycles. The van der Waals surface area contributed by atoms with Gasteiger partial charge in [-0.05, 0) is 152 Å². The summed E-state index contributed by atoms with van der Waals surface area (Å²) >= 11 is 1.50. The second-order valence-corrected chi connectivity index (χ2v) is 24.2. The minimum atomic E-state index is -0.505. The van der Waals surface area contributed by atoms with Crippen molar-refractivity contribution in [2.45, 2.75) is 0 Å². The van der Waals surface area contributed by atoms with Crippen molar-refractivity contribution in [3.63, 3.8) is 0 Å². The van der Waals surface area contributed by atoms with Crippen LogP contribution in [-0.4, -0.2) is 139 Å². The van der Waals surface area contributed by atoms with E-state index in [-0.39, 0.29) is 36.5 Å². The lowest BCUT2D eigenvalue weighted by Gasteiger charge is -2.09. The van der Waals surface area contributed by atoms with Gasteiger partial charge in [-0.25, -0.2) is 29.7 Å². The molecule has 0 aliphatic carbocycles. The number of ether oxygens (including phenoxy) is 5. The summed E-state index contributed by atoms with van der Waals surface area (Å²) < 4.78 is 34.1. The van der Waals surface area contributed by atoms with Gasteiger partial charge in [-0.15, -0.1) is 25.5 Å². The molecule has 0 spiro atoms. The van der Waals surface area contributed by atoms with Crippen LogP contribution in [0.4, 0.5) is 87.9 Å². The number of benzene rings is 6. The Morgan fingerprint density at radius 2 is 0.833 bits per heavy atom. The van der Waals surface area contributed by atoms with E-state index in [2.05, 4.69) is 113 Å². The van der Waals surface area contributed by atoms with E-state index in [4.69, 9.17) is 58.6 Å². The summed E-state index contributed by atoms with van der Waals surface area (Å²) in [6, 6.07) is 63.0. The van der Waals surface area contributed by atoms with E-state index in [0.29, 0.717) is 97.8 Å². The van der Waals surface area contributed by atoms with Crippen LogP contribution in [0.25, 0.3) is 38.6 Å². The number of anilines is 15. The highest BCUT2D eigenvalue weighted by Crippen LogP contribution is 2.36. The number of esters is 1. The zero-order valence-corrected chi connectivity index (χ0v) is 61.1. The molecule has 0 saturated heterocycles. The molecule has 10 aromatic heterocycles. The minimum absolute atomic E-state index is 0.201. The maximum absolute atomic E-state index is 11.4. The number of nitrogens with two attached hydrogens (primary N) is 6. The highest BCUT2D eigenvalue weighted by molar-refractivity contribution is 7.20. The number of rotatable bonds is 19. The summed E-state index contributed by atoms with van der Waals surface area (Å²) in [6.07, 6.45) is 6.61. The first kappa shape index (κ1) is 75.4. The number of carbonyl (C=O) groups is 2. The summed E-state index contributed by atoms with van der Waals surface area (Å²) in [5.74, 6) is 7.00. The molecule has 6 aromatic carbocycles. The average molecular weight is 1550 g/mol. The lowest BCUT2D eigenvalue weighted by molar-refractivity contribution is 0.0600. The molecule has 1 amide bonds. The van der Waals surface area contributed by atoms with Crippen LogP contribution in [0.1, 0.15) is 26.3 Å². The zero-order valence-electron chi connectivity index (χ0n) is 60.3. The lowest BCUT2D eigenvalue weighted by Crippen LogP contribution is -2.10. The number of pyridine rings is 4. The Balaban J connectivity index is 0.000000125. The molecule has 0 fully saturated rings. The average Bonchev–Trinajstić information content (AvgIpc) is 1.77. The van der Waals surface area contributed by atoms with E-state index in [1.807, 2.05) is 84.9 Å². The maximum Gasteiger partial charge on any atom is 0.337 e. The number of hydrogen-bond acceptors (Lipinski definition) is 34. The van der Waals surface area contributed by atoms with Gasteiger partial charge in [0.25, 0.3) is 0 Å². The number of thiazole rings is 1. The fourth-order valence-electron chi connectivity index (χ4n) is 10.3. The number of carbonyl (C=O) groups excluding carboxylic acids is 2. The fraction of sp³-hybridized carbons (Fsp3) is 0.0541. The lowest BCUT2D eigenvalue weighted by atomic mass is 10.2. The summed E-state index contributed by atoms with van der Waals surface area (Å²) in [4.78, 5) is 64.7. The van der Waals surface area contributed by atoms with E-state index in [0.717, 1.165) is 38.7 Å². The van der Waals surface area contributed by atoms with Gasteiger partial charge in [-0.1, -0.05) is 53.8 Å². The van der Waals surface area contributed by atoms with Crippen molar-refractivity contribution in [2.24, 2.45) is 5.73 Å². The summed E-state index contributed by atoms with van der Waals surface area (Å²) in [5.41, 5.74) is 40.7. The molecule has 0 bridgehead atoms. The smallest absolute Gasteiger partial charge is 0.337 e. The van der Waals surface area contributed by atoms with E-state index >= 15 is 0 Å². The minimum Gasteiger partial charge on any atom is -0.493 e. The summed E-state index contributed by atoms with van der Waals surface area (Å²) in [7, 11) is 4.51. The second-order valence-electron chi connectivity index (χ2n) is 23.2. The largest absolute Gasteiger partial charge is 0.493 e. The Morgan fingerprint density at radius 3 is 1.28 bits per heavy atom. The number of fused-ring (bicyclic) bond motifs is 2. The molecule has 39 nitrogen and oxygen atoms in total. The van der Waals surface area contributed by atoms with Gasteiger partial charge in [-0.2, -0.15) is 53.6 Å². The first-order valence-electron chi connectivity index (χ1n) is 33.7. The van der Waals surface area contributed by atoms with E-state index in [1.165, 1.54) is 41.9 Å². The predicted molar refractivity (Wildman–Crippen MR) is 426 cm³/mol. The van der Waals surface area contributed by atoms with Crippen LogP contribution < -0.4 is 79.9 Å². The van der Waals surface area contributed by atoms with Crippen LogP contribution in [0, 0.1) is 11.3 Å². The molecule has 0 unspecified atom stereocenters. The number of nitrogens with zero attached hydrogens (tertiary/aromatic N) is 21. The normalized spacial score (nSPS) is 10.8. The molecule has 17 N–H and O–H groups in total. The predicted octanol–water partition coefficient (Wildman–Crippen LogP) is 9.66. The molecule has 0 saturated carbocycles.